The van der Waals surface area contributed by atoms with Crippen molar-refractivity contribution in [3.05, 3.63) is 48.0 Å². The van der Waals surface area contributed by atoms with Gasteiger partial charge in [0.2, 0.25) is 0 Å². The molecular weight excluding hydrogens is 278 g/mol. The minimum atomic E-state index is -0.0173. The Kier molecular flexibility index (Phi) is 4.48. The molecule has 0 spiro atoms. The number of hydrogen-bond donors (Lipinski definition) is 2. The summed E-state index contributed by atoms with van der Waals surface area (Å²) in [6.45, 7) is 3.68. The van der Waals surface area contributed by atoms with Crippen molar-refractivity contribution < 1.29 is 4.79 Å². The summed E-state index contributed by atoms with van der Waals surface area (Å²) in [5.74, 6) is -0.0173. The van der Waals surface area contributed by atoms with Crippen LogP contribution in [0.4, 0.5) is 0 Å². The monoisotopic (exact) mass is 299 g/mol. The van der Waals surface area contributed by atoms with Gasteiger partial charge in [-0.3, -0.25) is 4.79 Å². The van der Waals surface area contributed by atoms with Crippen LogP contribution in [0.2, 0.25) is 0 Å². The van der Waals surface area contributed by atoms with Gasteiger partial charge in [-0.2, -0.15) is 5.10 Å². The van der Waals surface area contributed by atoms with Crippen molar-refractivity contribution >= 4 is 5.91 Å². The molecule has 2 aromatic rings. The topological polar surface area (TPSA) is 71.8 Å². The van der Waals surface area contributed by atoms with Crippen LogP contribution in [0, 0.1) is 0 Å². The van der Waals surface area contributed by atoms with E-state index in [1.807, 2.05) is 24.3 Å². The number of piperidine rings is 1. The fourth-order valence-electron chi connectivity index (χ4n) is 2.86. The van der Waals surface area contributed by atoms with Crippen molar-refractivity contribution in [2.24, 2.45) is 0 Å². The van der Waals surface area contributed by atoms with Gasteiger partial charge in [-0.15, -0.1) is 0 Å². The van der Waals surface area contributed by atoms with Gasteiger partial charge in [-0.05, 0) is 37.9 Å². The molecule has 2 N–H and O–H groups in total. The molecule has 116 valence electrons. The summed E-state index contributed by atoms with van der Waals surface area (Å²) in [5, 5.41) is 10.7. The average Bonchev–Trinajstić information content (AvgIpc) is 3.03. The number of carbonyl (C=O) groups excluding carboxylic acids is 1. The highest BCUT2D eigenvalue weighted by atomic mass is 16.1. The maximum absolute atomic E-state index is 12.6. The molecule has 0 saturated carbocycles. The maximum Gasteiger partial charge on any atom is 0.251 e. The number of carbonyl (C=O) groups is 1. The SMILES string of the molecule is CC1NCCCC1NC(=O)c1ccccc1Cn1cncn1. The summed E-state index contributed by atoms with van der Waals surface area (Å²) in [4.78, 5) is 16.6. The maximum atomic E-state index is 12.6. The molecule has 0 radical (unpaired) electrons. The minimum Gasteiger partial charge on any atom is -0.348 e. The Balaban J connectivity index is 1.74. The number of nitrogens with zero attached hydrogens (tertiary/aromatic N) is 3. The molecule has 0 bridgehead atoms. The molecule has 2 atom stereocenters. The third kappa shape index (κ3) is 3.33. The van der Waals surface area contributed by atoms with Crippen molar-refractivity contribution in [3.8, 4) is 0 Å². The van der Waals surface area contributed by atoms with E-state index in [0.29, 0.717) is 18.2 Å². The highest BCUT2D eigenvalue weighted by molar-refractivity contribution is 5.95. The highest BCUT2D eigenvalue weighted by Gasteiger charge is 2.23. The van der Waals surface area contributed by atoms with E-state index in [1.54, 1.807) is 11.0 Å². The van der Waals surface area contributed by atoms with Crippen LogP contribution < -0.4 is 10.6 Å². The third-order valence-electron chi connectivity index (χ3n) is 4.14. The van der Waals surface area contributed by atoms with Crippen molar-refractivity contribution in [1.29, 1.82) is 0 Å². The largest absolute Gasteiger partial charge is 0.348 e. The summed E-state index contributed by atoms with van der Waals surface area (Å²) in [7, 11) is 0. The van der Waals surface area contributed by atoms with Gasteiger partial charge in [0.1, 0.15) is 12.7 Å². The van der Waals surface area contributed by atoms with Gasteiger partial charge in [-0.1, -0.05) is 18.2 Å². The van der Waals surface area contributed by atoms with E-state index in [2.05, 4.69) is 27.6 Å². The molecule has 1 aliphatic heterocycles. The van der Waals surface area contributed by atoms with Gasteiger partial charge >= 0.3 is 0 Å². The smallest absolute Gasteiger partial charge is 0.251 e. The lowest BCUT2D eigenvalue weighted by Crippen LogP contribution is -2.52. The summed E-state index contributed by atoms with van der Waals surface area (Å²) in [6.07, 6.45) is 5.26. The normalized spacial score (nSPS) is 21.5. The van der Waals surface area contributed by atoms with Gasteiger partial charge in [0.25, 0.3) is 5.91 Å². The van der Waals surface area contributed by atoms with Gasteiger partial charge < -0.3 is 10.6 Å². The molecule has 1 aromatic carbocycles. The lowest BCUT2D eigenvalue weighted by Gasteiger charge is -2.30. The van der Waals surface area contributed by atoms with Crippen LogP contribution in [0.25, 0.3) is 0 Å². The molecule has 22 heavy (non-hydrogen) atoms. The van der Waals surface area contributed by atoms with Crippen molar-refractivity contribution in [3.63, 3.8) is 0 Å². The van der Waals surface area contributed by atoms with E-state index in [4.69, 9.17) is 0 Å². The van der Waals surface area contributed by atoms with Crippen molar-refractivity contribution in [2.75, 3.05) is 6.54 Å². The summed E-state index contributed by atoms with van der Waals surface area (Å²) in [5.41, 5.74) is 1.65. The molecule has 2 unspecified atom stereocenters. The first-order valence-electron chi connectivity index (χ1n) is 7.68. The summed E-state index contributed by atoms with van der Waals surface area (Å²) >= 11 is 0. The van der Waals surface area contributed by atoms with E-state index in [0.717, 1.165) is 24.9 Å². The third-order valence-corrected chi connectivity index (χ3v) is 4.14. The molecule has 1 amide bonds. The van der Waals surface area contributed by atoms with E-state index < -0.39 is 0 Å². The molecule has 6 nitrogen and oxygen atoms in total. The second-order valence-corrected chi connectivity index (χ2v) is 5.72. The van der Waals surface area contributed by atoms with Crippen LogP contribution >= 0.6 is 0 Å². The van der Waals surface area contributed by atoms with Crippen LogP contribution in [0.15, 0.2) is 36.9 Å². The lowest BCUT2D eigenvalue weighted by molar-refractivity contribution is 0.0918. The number of nitrogens with one attached hydrogen (secondary N) is 2. The van der Waals surface area contributed by atoms with Gasteiger partial charge in [-0.25, -0.2) is 9.67 Å². The number of rotatable bonds is 4. The van der Waals surface area contributed by atoms with Gasteiger partial charge in [0.15, 0.2) is 0 Å². The van der Waals surface area contributed by atoms with Crippen LogP contribution in [-0.4, -0.2) is 39.3 Å². The zero-order valence-corrected chi connectivity index (χ0v) is 12.7. The van der Waals surface area contributed by atoms with Crippen molar-refractivity contribution in [1.82, 2.24) is 25.4 Å². The van der Waals surface area contributed by atoms with Crippen LogP contribution in [0.3, 0.4) is 0 Å². The molecule has 6 heteroatoms. The lowest BCUT2D eigenvalue weighted by atomic mass is 9.98. The summed E-state index contributed by atoms with van der Waals surface area (Å²) < 4.78 is 1.72. The van der Waals surface area contributed by atoms with Crippen molar-refractivity contribution in [2.45, 2.75) is 38.4 Å². The average molecular weight is 299 g/mol. The van der Waals surface area contributed by atoms with E-state index in [9.17, 15) is 4.79 Å². The Morgan fingerprint density at radius 2 is 2.32 bits per heavy atom. The van der Waals surface area contributed by atoms with E-state index in [-0.39, 0.29) is 11.9 Å². The first kappa shape index (κ1) is 14.7. The number of benzene rings is 1. The zero-order chi connectivity index (χ0) is 15.4. The minimum absolute atomic E-state index is 0.0173. The predicted octanol–water partition coefficient (Wildman–Crippen LogP) is 1.20. The van der Waals surface area contributed by atoms with Gasteiger partial charge in [0, 0.05) is 17.6 Å². The highest BCUT2D eigenvalue weighted by Crippen LogP contribution is 2.13. The fraction of sp³-hybridized carbons (Fsp3) is 0.438. The Morgan fingerprint density at radius 1 is 1.45 bits per heavy atom. The second-order valence-electron chi connectivity index (χ2n) is 5.72. The number of amides is 1. The van der Waals surface area contributed by atoms with E-state index in [1.165, 1.54) is 6.33 Å². The Hall–Kier alpha value is -2.21. The van der Waals surface area contributed by atoms with E-state index >= 15 is 0 Å². The standard InChI is InChI=1S/C16H21N5O/c1-12-15(7-4-8-18-12)20-16(22)14-6-3-2-5-13(14)9-21-11-17-10-19-21/h2-3,5-6,10-12,15,18H,4,7-9H2,1H3,(H,20,22). The number of aromatic nitrogens is 3. The Morgan fingerprint density at radius 3 is 3.09 bits per heavy atom. The van der Waals surface area contributed by atoms with Gasteiger partial charge in [0.05, 0.1) is 6.54 Å². The first-order chi connectivity index (χ1) is 10.7. The quantitative estimate of drug-likeness (QED) is 0.890. The molecule has 2 heterocycles. The molecule has 0 aliphatic carbocycles. The van der Waals surface area contributed by atoms with Crippen LogP contribution in [-0.2, 0) is 6.54 Å². The molecule has 1 saturated heterocycles. The Bertz CT molecular complexity index is 625. The molecule has 1 fully saturated rings. The zero-order valence-electron chi connectivity index (χ0n) is 12.7. The van der Waals surface area contributed by atoms with Crippen LogP contribution in [0.5, 0.6) is 0 Å². The molecule has 3 rings (SSSR count). The first-order valence-corrected chi connectivity index (χ1v) is 7.68. The fourth-order valence-corrected chi connectivity index (χ4v) is 2.86. The number of hydrogen-bond acceptors (Lipinski definition) is 4. The molecule has 1 aliphatic rings. The second kappa shape index (κ2) is 6.70. The summed E-state index contributed by atoms with van der Waals surface area (Å²) in [6, 6.07) is 8.14. The van der Waals surface area contributed by atoms with Crippen LogP contribution in [0.1, 0.15) is 35.7 Å². The Labute approximate surface area is 129 Å². The molecule has 1 aromatic heterocycles. The molecular formula is C16H21N5O. The predicted molar refractivity (Wildman–Crippen MR) is 83.5 cm³/mol.